The molecule has 0 heterocycles. The van der Waals surface area contributed by atoms with Gasteiger partial charge in [0.2, 0.25) is 10.0 Å². The average molecular weight is 435 g/mol. The third kappa shape index (κ3) is 5.39. The molecule has 144 valence electrons. The Hall–Kier alpha value is -2.20. The lowest BCUT2D eigenvalue weighted by Gasteiger charge is -2.10. The molecule has 2 aromatic carbocycles. The molecule has 7 nitrogen and oxygen atoms in total. The lowest BCUT2D eigenvalue weighted by Crippen LogP contribution is -2.21. The van der Waals surface area contributed by atoms with E-state index in [1.807, 2.05) is 0 Å². The molecule has 2 rings (SSSR count). The minimum Gasteiger partial charge on any atom is -0.452 e. The first kappa shape index (κ1) is 21.1. The zero-order valence-electron chi connectivity index (χ0n) is 13.8. The molecule has 0 aliphatic carbocycles. The van der Waals surface area contributed by atoms with Crippen molar-refractivity contribution >= 4 is 50.8 Å². The smallest absolute Gasteiger partial charge is 0.340 e. The highest BCUT2D eigenvalue weighted by molar-refractivity contribution is 7.89. The molecule has 0 bridgehead atoms. The minimum atomic E-state index is -3.96. The van der Waals surface area contributed by atoms with Crippen molar-refractivity contribution in [3.05, 3.63) is 57.3 Å². The number of esters is 1. The van der Waals surface area contributed by atoms with Crippen LogP contribution in [0.5, 0.6) is 0 Å². The van der Waals surface area contributed by atoms with E-state index in [1.54, 1.807) is 6.92 Å². The number of carbonyl (C=O) groups is 2. The molecule has 0 fully saturated rings. The minimum absolute atomic E-state index is 0.136. The Balaban J connectivity index is 2.05. The van der Waals surface area contributed by atoms with Gasteiger partial charge in [0.05, 0.1) is 20.5 Å². The van der Waals surface area contributed by atoms with Crippen molar-refractivity contribution in [1.29, 1.82) is 0 Å². The number of anilines is 1. The first-order chi connectivity index (χ1) is 12.5. The molecule has 0 radical (unpaired) electrons. The number of rotatable bonds is 5. The maximum Gasteiger partial charge on any atom is 0.340 e. The van der Waals surface area contributed by atoms with Crippen molar-refractivity contribution in [2.24, 2.45) is 5.14 Å². The van der Waals surface area contributed by atoms with Crippen LogP contribution in [-0.4, -0.2) is 26.9 Å². The molecule has 0 aromatic heterocycles. The Kier molecular flexibility index (Phi) is 6.42. The highest BCUT2D eigenvalue weighted by atomic mass is 35.5. The van der Waals surface area contributed by atoms with E-state index >= 15 is 0 Å². The largest absolute Gasteiger partial charge is 0.452 e. The van der Waals surface area contributed by atoms with Crippen LogP contribution in [0.1, 0.15) is 15.9 Å². The van der Waals surface area contributed by atoms with Crippen LogP contribution in [0.15, 0.2) is 35.2 Å². The molecule has 2 aromatic rings. The summed E-state index contributed by atoms with van der Waals surface area (Å²) in [7, 11) is -3.96. The number of primary sulfonamides is 1. The highest BCUT2D eigenvalue weighted by Gasteiger charge is 2.18. The Morgan fingerprint density at radius 1 is 1.19 bits per heavy atom. The van der Waals surface area contributed by atoms with Gasteiger partial charge in [-0.05, 0) is 36.8 Å². The van der Waals surface area contributed by atoms with Gasteiger partial charge in [-0.25, -0.2) is 22.7 Å². The summed E-state index contributed by atoms with van der Waals surface area (Å²) in [6.07, 6.45) is 0. The van der Waals surface area contributed by atoms with E-state index in [2.05, 4.69) is 5.32 Å². The van der Waals surface area contributed by atoms with E-state index in [9.17, 15) is 22.4 Å². The maximum atomic E-state index is 13.4. The Morgan fingerprint density at radius 3 is 2.48 bits per heavy atom. The van der Waals surface area contributed by atoms with Crippen LogP contribution in [-0.2, 0) is 19.6 Å². The lowest BCUT2D eigenvalue weighted by molar-refractivity contribution is -0.119. The third-order valence-corrected chi connectivity index (χ3v) is 5.00. The molecule has 0 aliphatic rings. The second-order valence-corrected chi connectivity index (χ2v) is 7.74. The van der Waals surface area contributed by atoms with Gasteiger partial charge in [-0.3, -0.25) is 4.79 Å². The molecule has 11 heteroatoms. The van der Waals surface area contributed by atoms with E-state index in [-0.39, 0.29) is 26.2 Å². The molecule has 1 amide bonds. The number of amides is 1. The van der Waals surface area contributed by atoms with Crippen LogP contribution in [0, 0.1) is 12.7 Å². The molecular weight excluding hydrogens is 422 g/mol. The molecule has 0 aliphatic heterocycles. The van der Waals surface area contributed by atoms with Crippen LogP contribution < -0.4 is 10.5 Å². The van der Waals surface area contributed by atoms with E-state index < -0.39 is 34.3 Å². The fourth-order valence-corrected chi connectivity index (χ4v) is 3.34. The normalized spacial score (nSPS) is 11.1. The number of halogens is 3. The molecule has 27 heavy (non-hydrogen) atoms. The van der Waals surface area contributed by atoms with Crippen molar-refractivity contribution in [3.8, 4) is 0 Å². The lowest BCUT2D eigenvalue weighted by atomic mass is 10.2. The Morgan fingerprint density at radius 2 is 1.85 bits per heavy atom. The van der Waals surface area contributed by atoms with E-state index in [0.717, 1.165) is 12.1 Å². The fourth-order valence-electron chi connectivity index (χ4n) is 2.07. The van der Waals surface area contributed by atoms with Crippen LogP contribution in [0.2, 0.25) is 10.0 Å². The summed E-state index contributed by atoms with van der Waals surface area (Å²) in [5.41, 5.74) is 0.251. The van der Waals surface area contributed by atoms with Gasteiger partial charge in [0.25, 0.3) is 5.91 Å². The van der Waals surface area contributed by atoms with Gasteiger partial charge >= 0.3 is 5.97 Å². The predicted molar refractivity (Wildman–Crippen MR) is 97.9 cm³/mol. The van der Waals surface area contributed by atoms with Crippen molar-refractivity contribution in [1.82, 2.24) is 0 Å². The number of carbonyl (C=O) groups excluding carboxylic acids is 2. The Labute approximate surface area is 164 Å². The molecule has 0 saturated carbocycles. The molecule has 0 unspecified atom stereocenters. The monoisotopic (exact) mass is 434 g/mol. The molecular formula is C16H13Cl2FN2O5S. The predicted octanol–water partition coefficient (Wildman–Crippen LogP) is 2.88. The average Bonchev–Trinajstić information content (AvgIpc) is 2.56. The first-order valence-electron chi connectivity index (χ1n) is 7.24. The van der Waals surface area contributed by atoms with Crippen LogP contribution in [0.25, 0.3) is 0 Å². The number of hydrogen-bond donors (Lipinski definition) is 2. The third-order valence-electron chi connectivity index (χ3n) is 3.34. The van der Waals surface area contributed by atoms with Crippen molar-refractivity contribution < 1.29 is 27.1 Å². The quantitative estimate of drug-likeness (QED) is 0.554. The highest BCUT2D eigenvalue weighted by Crippen LogP contribution is 2.25. The van der Waals surface area contributed by atoms with Crippen molar-refractivity contribution in [2.75, 3.05) is 11.9 Å². The fraction of sp³-hybridized carbons (Fsp3) is 0.125. The van der Waals surface area contributed by atoms with Crippen LogP contribution in [0.3, 0.4) is 0 Å². The summed E-state index contributed by atoms with van der Waals surface area (Å²) >= 11 is 11.3. The van der Waals surface area contributed by atoms with Crippen molar-refractivity contribution in [2.45, 2.75) is 11.8 Å². The van der Waals surface area contributed by atoms with Crippen LogP contribution >= 0.6 is 23.2 Å². The molecule has 3 N–H and O–H groups in total. The number of ether oxygens (including phenoxy) is 1. The Bertz CT molecular complexity index is 1030. The van der Waals surface area contributed by atoms with Gasteiger partial charge in [-0.15, -0.1) is 0 Å². The van der Waals surface area contributed by atoms with Crippen molar-refractivity contribution in [3.63, 3.8) is 0 Å². The summed E-state index contributed by atoms with van der Waals surface area (Å²) in [5, 5.41) is 7.05. The second-order valence-electron chi connectivity index (χ2n) is 5.40. The summed E-state index contributed by atoms with van der Waals surface area (Å²) in [6, 6.07) is 5.92. The van der Waals surface area contributed by atoms with Crippen LogP contribution in [0.4, 0.5) is 10.1 Å². The summed E-state index contributed by atoms with van der Waals surface area (Å²) in [6.45, 7) is 0.833. The SMILES string of the molecule is Cc1ccc(NC(=O)COC(=O)c2cc(F)c(Cl)cc2Cl)cc1S(N)(=O)=O. The number of hydrogen-bond acceptors (Lipinski definition) is 5. The number of benzene rings is 2. The molecule has 0 saturated heterocycles. The standard InChI is InChI=1S/C16H13Cl2FN2O5S/c1-8-2-3-9(4-14(8)27(20,24)25)21-15(22)7-26-16(23)10-5-13(19)12(18)6-11(10)17/h2-6H,7H2,1H3,(H,21,22)(H2,20,24,25). The molecule has 0 atom stereocenters. The number of nitrogens with two attached hydrogens (primary N) is 1. The number of sulfonamides is 1. The second kappa shape index (κ2) is 8.22. The molecule has 0 spiro atoms. The van der Waals surface area contributed by atoms with Gasteiger partial charge < -0.3 is 10.1 Å². The van der Waals surface area contributed by atoms with Gasteiger partial charge in [-0.2, -0.15) is 0 Å². The number of nitrogens with one attached hydrogen (secondary N) is 1. The summed E-state index contributed by atoms with van der Waals surface area (Å²) in [4.78, 5) is 23.7. The van der Waals surface area contributed by atoms with E-state index in [1.165, 1.54) is 18.2 Å². The summed E-state index contributed by atoms with van der Waals surface area (Å²) in [5.74, 6) is -2.65. The maximum absolute atomic E-state index is 13.4. The van der Waals surface area contributed by atoms with E-state index in [0.29, 0.717) is 5.56 Å². The summed E-state index contributed by atoms with van der Waals surface area (Å²) < 4.78 is 41.2. The number of aryl methyl sites for hydroxylation is 1. The zero-order valence-corrected chi connectivity index (χ0v) is 16.1. The first-order valence-corrected chi connectivity index (χ1v) is 9.54. The van der Waals surface area contributed by atoms with E-state index in [4.69, 9.17) is 33.1 Å². The van der Waals surface area contributed by atoms with Gasteiger partial charge in [0.15, 0.2) is 6.61 Å². The van der Waals surface area contributed by atoms with Gasteiger partial charge in [0, 0.05) is 5.69 Å². The topological polar surface area (TPSA) is 116 Å². The zero-order chi connectivity index (χ0) is 20.4. The van der Waals surface area contributed by atoms with Gasteiger partial charge in [0.1, 0.15) is 5.82 Å². The van der Waals surface area contributed by atoms with Gasteiger partial charge in [-0.1, -0.05) is 29.3 Å².